The van der Waals surface area contributed by atoms with Crippen LogP contribution in [0.25, 0.3) is 0 Å². The summed E-state index contributed by atoms with van der Waals surface area (Å²) >= 11 is 0. The van der Waals surface area contributed by atoms with Gasteiger partial charge in [0.1, 0.15) is 0 Å². The summed E-state index contributed by atoms with van der Waals surface area (Å²) in [4.78, 5) is 12.1. The quantitative estimate of drug-likeness (QED) is 0.629. The first-order chi connectivity index (χ1) is 8.52. The van der Waals surface area contributed by atoms with Crippen molar-refractivity contribution < 1.29 is 13.6 Å². The zero-order valence-corrected chi connectivity index (χ0v) is 17.1. The zero-order chi connectivity index (χ0) is 16.4. The fourth-order valence-corrected chi connectivity index (χ4v) is 9.42. The summed E-state index contributed by atoms with van der Waals surface area (Å²) in [5, 5.41) is 0. The smallest absolute Gasteiger partial charge is 0.480 e. The third kappa shape index (κ3) is 10.5. The van der Waals surface area contributed by atoms with Gasteiger partial charge < -0.3 is 8.85 Å². The Morgan fingerprint density at radius 1 is 0.750 bits per heavy atom. The normalized spacial score (nSPS) is 14.1. The molecular weight excluding hydrogens is 284 g/mol. The molecule has 20 heavy (non-hydrogen) atoms. The molecule has 0 rings (SSSR count). The Kier molecular flexibility index (Phi) is 6.13. The molecule has 0 bridgehead atoms. The minimum atomic E-state index is -2.01. The van der Waals surface area contributed by atoms with Crippen LogP contribution in [0.15, 0.2) is 0 Å². The lowest BCUT2D eigenvalue weighted by Gasteiger charge is -2.33. The van der Waals surface area contributed by atoms with Crippen LogP contribution in [-0.2, 0) is 8.85 Å². The highest BCUT2D eigenvalue weighted by Gasteiger charge is 2.37. The molecule has 0 aliphatic rings. The van der Waals surface area contributed by atoms with Crippen molar-refractivity contribution in [1.29, 1.82) is 0 Å². The van der Waals surface area contributed by atoms with Crippen LogP contribution in [0.5, 0.6) is 0 Å². The second-order valence-corrected chi connectivity index (χ2v) is 17.6. The Morgan fingerprint density at radius 2 is 1.00 bits per heavy atom. The van der Waals surface area contributed by atoms with Crippen molar-refractivity contribution in [3.05, 3.63) is 0 Å². The van der Waals surface area contributed by atoms with Gasteiger partial charge in [-0.1, -0.05) is 41.5 Å². The summed E-state index contributed by atoms with van der Waals surface area (Å²) in [6, 6.07) is 1.88. The molecule has 0 aliphatic heterocycles. The summed E-state index contributed by atoms with van der Waals surface area (Å²) in [7, 11) is -4.03. The standard InChI is InChI=1S/C15H34O3Si2/c1-14(2,3)11-19(7,8)17-13(16)18-20(9,10)12-15(4,5)6/h11-12H2,1-10H3. The fraction of sp³-hybridized carbons (Fsp3) is 0.933. The van der Waals surface area contributed by atoms with Crippen molar-refractivity contribution in [2.45, 2.75) is 79.8 Å². The molecule has 5 heteroatoms. The average molecular weight is 319 g/mol. The lowest BCUT2D eigenvalue weighted by atomic mass is 10.0. The maximum absolute atomic E-state index is 12.1. The second kappa shape index (κ2) is 6.22. The first-order valence-corrected chi connectivity index (χ1v) is 13.7. The highest BCUT2D eigenvalue weighted by atomic mass is 28.4. The molecule has 120 valence electrons. The van der Waals surface area contributed by atoms with Crippen molar-refractivity contribution in [2.75, 3.05) is 0 Å². The molecule has 0 atom stereocenters. The summed E-state index contributed by atoms with van der Waals surface area (Å²) in [5.74, 6) is 0. The molecule has 0 N–H and O–H groups in total. The zero-order valence-electron chi connectivity index (χ0n) is 15.1. The van der Waals surface area contributed by atoms with Gasteiger partial charge in [0, 0.05) is 0 Å². The Bertz CT molecular complexity index is 304. The van der Waals surface area contributed by atoms with E-state index in [4.69, 9.17) is 8.85 Å². The summed E-state index contributed by atoms with van der Waals surface area (Å²) in [6.45, 7) is 21.4. The van der Waals surface area contributed by atoms with Crippen LogP contribution < -0.4 is 0 Å². The first kappa shape index (κ1) is 19.7. The lowest BCUT2D eigenvalue weighted by molar-refractivity contribution is 0.144. The second-order valence-electron chi connectivity index (χ2n) is 9.45. The Hall–Kier alpha value is -0.296. The van der Waals surface area contributed by atoms with E-state index in [1.165, 1.54) is 0 Å². The molecule has 0 amide bonds. The molecular formula is C15H34O3Si2. The monoisotopic (exact) mass is 318 g/mol. The predicted molar refractivity (Wildman–Crippen MR) is 91.1 cm³/mol. The van der Waals surface area contributed by atoms with Crippen molar-refractivity contribution in [3.8, 4) is 0 Å². The molecule has 0 aromatic carbocycles. The van der Waals surface area contributed by atoms with Crippen LogP contribution in [-0.4, -0.2) is 22.8 Å². The van der Waals surface area contributed by atoms with Gasteiger partial charge in [0.15, 0.2) is 0 Å². The van der Waals surface area contributed by atoms with E-state index in [0.29, 0.717) is 0 Å². The van der Waals surface area contributed by atoms with Crippen molar-refractivity contribution >= 4 is 22.8 Å². The van der Waals surface area contributed by atoms with Crippen LogP contribution in [0, 0.1) is 10.8 Å². The van der Waals surface area contributed by atoms with E-state index in [1.54, 1.807) is 0 Å². The van der Waals surface area contributed by atoms with Crippen LogP contribution in [0.2, 0.25) is 38.3 Å². The molecule has 0 saturated heterocycles. The van der Waals surface area contributed by atoms with E-state index in [-0.39, 0.29) is 10.8 Å². The van der Waals surface area contributed by atoms with Gasteiger partial charge in [-0.05, 0) is 49.1 Å². The van der Waals surface area contributed by atoms with E-state index in [1.807, 2.05) is 0 Å². The largest absolute Gasteiger partial charge is 0.490 e. The number of carbonyl (C=O) groups is 1. The predicted octanol–water partition coefficient (Wildman–Crippen LogP) is 5.64. The van der Waals surface area contributed by atoms with Gasteiger partial charge in [-0.15, -0.1) is 0 Å². The highest BCUT2D eigenvalue weighted by molar-refractivity contribution is 6.74. The van der Waals surface area contributed by atoms with Crippen molar-refractivity contribution in [1.82, 2.24) is 0 Å². The number of rotatable bonds is 4. The fourth-order valence-electron chi connectivity index (χ4n) is 3.10. The molecule has 0 spiro atoms. The van der Waals surface area contributed by atoms with E-state index < -0.39 is 22.8 Å². The SMILES string of the molecule is CC(C)(C)C[Si](C)(C)OC(=O)O[Si](C)(C)CC(C)(C)C. The molecule has 0 saturated carbocycles. The molecule has 0 aliphatic carbocycles. The Balaban J connectivity index is 4.56. The number of hydrogen-bond donors (Lipinski definition) is 0. The average Bonchev–Trinajstić information content (AvgIpc) is 1.86. The Labute approximate surface area is 127 Å². The molecule has 0 aromatic rings. The van der Waals surface area contributed by atoms with E-state index in [0.717, 1.165) is 12.1 Å². The van der Waals surface area contributed by atoms with Crippen LogP contribution in [0.4, 0.5) is 4.79 Å². The summed E-state index contributed by atoms with van der Waals surface area (Å²) < 4.78 is 11.4. The van der Waals surface area contributed by atoms with Gasteiger partial charge in [0.05, 0.1) is 0 Å². The number of hydrogen-bond acceptors (Lipinski definition) is 3. The third-order valence-electron chi connectivity index (χ3n) is 2.63. The van der Waals surface area contributed by atoms with Gasteiger partial charge >= 0.3 is 6.16 Å². The third-order valence-corrected chi connectivity index (χ3v) is 7.89. The van der Waals surface area contributed by atoms with Gasteiger partial charge in [-0.3, -0.25) is 0 Å². The van der Waals surface area contributed by atoms with Gasteiger partial charge in [0.2, 0.25) is 0 Å². The molecule has 0 radical (unpaired) electrons. The summed E-state index contributed by atoms with van der Waals surface area (Å²) in [6.07, 6.45) is -0.452. The molecule has 0 aromatic heterocycles. The molecule has 0 heterocycles. The van der Waals surface area contributed by atoms with E-state index in [9.17, 15) is 4.79 Å². The lowest BCUT2D eigenvalue weighted by Crippen LogP contribution is -2.42. The minimum absolute atomic E-state index is 0.175. The maximum Gasteiger partial charge on any atom is 0.480 e. The van der Waals surface area contributed by atoms with Gasteiger partial charge in [-0.2, -0.15) is 0 Å². The van der Waals surface area contributed by atoms with Gasteiger partial charge in [-0.25, -0.2) is 4.79 Å². The maximum atomic E-state index is 12.1. The van der Waals surface area contributed by atoms with Crippen LogP contribution >= 0.6 is 0 Å². The van der Waals surface area contributed by atoms with E-state index in [2.05, 4.69) is 67.7 Å². The topological polar surface area (TPSA) is 35.5 Å². The first-order valence-electron chi connectivity index (χ1n) is 7.43. The molecule has 0 fully saturated rings. The minimum Gasteiger partial charge on any atom is -0.490 e. The van der Waals surface area contributed by atoms with Crippen LogP contribution in [0.3, 0.4) is 0 Å². The van der Waals surface area contributed by atoms with Crippen molar-refractivity contribution in [3.63, 3.8) is 0 Å². The van der Waals surface area contributed by atoms with Crippen molar-refractivity contribution in [2.24, 2.45) is 10.8 Å². The molecule has 3 nitrogen and oxygen atoms in total. The Morgan fingerprint density at radius 3 is 1.20 bits per heavy atom. The molecule has 0 unspecified atom stereocenters. The number of carbonyl (C=O) groups excluding carboxylic acids is 1. The highest BCUT2D eigenvalue weighted by Crippen LogP contribution is 2.31. The van der Waals surface area contributed by atoms with E-state index >= 15 is 0 Å². The van der Waals surface area contributed by atoms with Crippen LogP contribution in [0.1, 0.15) is 41.5 Å². The van der Waals surface area contributed by atoms with Gasteiger partial charge in [0.25, 0.3) is 16.6 Å². The summed E-state index contributed by atoms with van der Waals surface area (Å²) in [5.41, 5.74) is 0.350.